The van der Waals surface area contributed by atoms with Gasteiger partial charge in [0.05, 0.1) is 12.8 Å². The molecule has 174 valence electrons. The van der Waals surface area contributed by atoms with Gasteiger partial charge in [0.2, 0.25) is 5.91 Å². The highest BCUT2D eigenvalue weighted by atomic mass is 35.5. The monoisotopic (exact) mass is 462 g/mol. The van der Waals surface area contributed by atoms with Crippen LogP contribution in [-0.2, 0) is 19.1 Å². The van der Waals surface area contributed by atoms with E-state index < -0.39 is 18.0 Å². The normalized spacial score (nSPS) is 28.7. The van der Waals surface area contributed by atoms with E-state index in [0.717, 1.165) is 37.0 Å². The minimum atomic E-state index is -1.04. The number of hydrogen-bond acceptors (Lipinski definition) is 5. The van der Waals surface area contributed by atoms with Gasteiger partial charge in [0.1, 0.15) is 12.3 Å². The van der Waals surface area contributed by atoms with E-state index in [4.69, 9.17) is 21.1 Å². The van der Waals surface area contributed by atoms with E-state index in [-0.39, 0.29) is 17.9 Å². The van der Waals surface area contributed by atoms with Crippen molar-refractivity contribution in [1.82, 2.24) is 5.32 Å². The molecule has 4 aliphatic carbocycles. The van der Waals surface area contributed by atoms with Gasteiger partial charge >= 0.3 is 5.97 Å². The van der Waals surface area contributed by atoms with Crippen molar-refractivity contribution in [3.63, 3.8) is 0 Å². The quantitative estimate of drug-likeness (QED) is 0.570. The number of rotatable bonds is 8. The molecule has 7 nitrogen and oxygen atoms in total. The standard InChI is InChI=1S/C24H31ClN2O5/c1-14(23(30)27-19-8-18(25)3-4-20(19)31-2)32-22(29)13-26-21(28)12-24-9-15-5-16(10-24)7-17(6-15)11-24/h3-4,8,14-17H,5-7,9-13H2,1-2H3,(H,26,28)(H,27,30). The third kappa shape index (κ3) is 5.20. The maximum Gasteiger partial charge on any atom is 0.326 e. The van der Waals surface area contributed by atoms with Crippen LogP contribution in [-0.4, -0.2) is 37.5 Å². The largest absolute Gasteiger partial charge is 0.495 e. The molecule has 32 heavy (non-hydrogen) atoms. The SMILES string of the molecule is COc1ccc(Cl)cc1NC(=O)C(C)OC(=O)CNC(=O)CC12CC3CC(CC(C3)C1)C2. The first-order valence-corrected chi connectivity index (χ1v) is 11.7. The molecule has 0 radical (unpaired) electrons. The van der Waals surface area contributed by atoms with E-state index in [1.165, 1.54) is 33.3 Å². The van der Waals surface area contributed by atoms with Crippen molar-refractivity contribution in [3.8, 4) is 5.75 Å². The molecule has 4 aliphatic rings. The topological polar surface area (TPSA) is 93.7 Å². The highest BCUT2D eigenvalue weighted by Gasteiger charge is 2.51. The van der Waals surface area contributed by atoms with Gasteiger partial charge in [-0.2, -0.15) is 0 Å². The zero-order valence-corrected chi connectivity index (χ0v) is 19.4. The summed E-state index contributed by atoms with van der Waals surface area (Å²) in [6.07, 6.45) is 6.85. The first-order valence-electron chi connectivity index (χ1n) is 11.4. The lowest BCUT2D eigenvalue weighted by Gasteiger charge is -2.56. The fourth-order valence-corrected chi connectivity index (χ4v) is 6.56. The molecule has 0 aromatic heterocycles. The van der Waals surface area contributed by atoms with Gasteiger partial charge in [-0.25, -0.2) is 0 Å². The molecule has 4 fully saturated rings. The van der Waals surface area contributed by atoms with Crippen LogP contribution in [0.25, 0.3) is 0 Å². The maximum absolute atomic E-state index is 12.6. The predicted molar refractivity (Wildman–Crippen MR) is 120 cm³/mol. The molecule has 1 aromatic rings. The summed E-state index contributed by atoms with van der Waals surface area (Å²) in [5.41, 5.74) is 0.503. The highest BCUT2D eigenvalue weighted by Crippen LogP contribution is 2.61. The van der Waals surface area contributed by atoms with Gasteiger partial charge in [-0.1, -0.05) is 11.6 Å². The Hall–Kier alpha value is -2.28. The number of anilines is 1. The van der Waals surface area contributed by atoms with Crippen molar-refractivity contribution in [2.45, 2.75) is 58.0 Å². The number of nitrogens with one attached hydrogen (secondary N) is 2. The molecular weight excluding hydrogens is 432 g/mol. The fourth-order valence-electron chi connectivity index (χ4n) is 6.38. The number of carbonyl (C=O) groups is 3. The highest BCUT2D eigenvalue weighted by molar-refractivity contribution is 6.31. The molecule has 4 saturated carbocycles. The van der Waals surface area contributed by atoms with Crippen LogP contribution in [0.5, 0.6) is 5.75 Å². The van der Waals surface area contributed by atoms with Gasteiger partial charge in [0.15, 0.2) is 6.10 Å². The molecule has 2 N–H and O–H groups in total. The number of methoxy groups -OCH3 is 1. The lowest BCUT2D eigenvalue weighted by Crippen LogP contribution is -2.48. The van der Waals surface area contributed by atoms with Crippen LogP contribution < -0.4 is 15.4 Å². The van der Waals surface area contributed by atoms with E-state index >= 15 is 0 Å². The Labute approximate surface area is 193 Å². The van der Waals surface area contributed by atoms with E-state index in [1.807, 2.05) is 0 Å². The molecule has 5 rings (SSSR count). The van der Waals surface area contributed by atoms with Crippen LogP contribution >= 0.6 is 11.6 Å². The van der Waals surface area contributed by atoms with Crippen LogP contribution in [0.3, 0.4) is 0 Å². The molecule has 4 bridgehead atoms. The predicted octanol–water partition coefficient (Wildman–Crippen LogP) is 3.94. The molecule has 1 unspecified atom stereocenters. The van der Waals surface area contributed by atoms with E-state index in [9.17, 15) is 14.4 Å². The lowest BCUT2D eigenvalue weighted by molar-refractivity contribution is -0.153. The summed E-state index contributed by atoms with van der Waals surface area (Å²) in [5, 5.41) is 5.78. The van der Waals surface area contributed by atoms with Gasteiger partial charge < -0.3 is 20.1 Å². The third-order valence-corrected chi connectivity index (χ3v) is 7.46. The molecule has 1 atom stereocenters. The average Bonchev–Trinajstić information content (AvgIpc) is 2.71. The van der Waals surface area contributed by atoms with Crippen molar-refractivity contribution in [2.75, 3.05) is 19.0 Å². The van der Waals surface area contributed by atoms with Crippen molar-refractivity contribution >= 4 is 35.1 Å². The zero-order valence-electron chi connectivity index (χ0n) is 18.6. The molecule has 0 aliphatic heterocycles. The van der Waals surface area contributed by atoms with Crippen molar-refractivity contribution in [1.29, 1.82) is 0 Å². The number of benzene rings is 1. The summed E-state index contributed by atoms with van der Waals surface area (Å²) in [6.45, 7) is 1.23. The van der Waals surface area contributed by atoms with Gasteiger partial charge in [0.25, 0.3) is 5.91 Å². The minimum absolute atomic E-state index is 0.107. The van der Waals surface area contributed by atoms with Gasteiger partial charge in [-0.15, -0.1) is 0 Å². The number of amides is 2. The van der Waals surface area contributed by atoms with Crippen molar-refractivity contribution < 1.29 is 23.9 Å². The second-order valence-corrected chi connectivity index (χ2v) is 10.3. The van der Waals surface area contributed by atoms with Gasteiger partial charge in [-0.05, 0) is 86.8 Å². The molecule has 0 spiro atoms. The zero-order chi connectivity index (χ0) is 22.9. The Morgan fingerprint density at radius 1 is 1.12 bits per heavy atom. The number of ether oxygens (including phenoxy) is 2. The van der Waals surface area contributed by atoms with Crippen LogP contribution in [0.2, 0.25) is 5.02 Å². The molecule has 0 heterocycles. The minimum Gasteiger partial charge on any atom is -0.495 e. The Morgan fingerprint density at radius 3 is 2.34 bits per heavy atom. The lowest BCUT2D eigenvalue weighted by atomic mass is 9.49. The van der Waals surface area contributed by atoms with Crippen molar-refractivity contribution in [2.24, 2.45) is 23.2 Å². The van der Waals surface area contributed by atoms with Gasteiger partial charge in [-0.3, -0.25) is 14.4 Å². The Kier molecular flexibility index (Phi) is 6.65. The average molecular weight is 463 g/mol. The van der Waals surface area contributed by atoms with E-state index in [1.54, 1.807) is 18.2 Å². The van der Waals surface area contributed by atoms with Crippen LogP contribution in [0.1, 0.15) is 51.9 Å². The summed E-state index contributed by atoms with van der Waals surface area (Å²) in [7, 11) is 1.48. The summed E-state index contributed by atoms with van der Waals surface area (Å²) in [5.74, 6) is 1.50. The van der Waals surface area contributed by atoms with Crippen LogP contribution in [0.15, 0.2) is 18.2 Å². The third-order valence-electron chi connectivity index (χ3n) is 7.23. The molecule has 8 heteroatoms. The summed E-state index contributed by atoms with van der Waals surface area (Å²) in [6, 6.07) is 4.83. The first-order chi connectivity index (χ1) is 15.2. The Balaban J connectivity index is 1.23. The Morgan fingerprint density at radius 2 is 1.75 bits per heavy atom. The Bertz CT molecular complexity index is 867. The summed E-state index contributed by atoms with van der Waals surface area (Å²) >= 11 is 5.97. The van der Waals surface area contributed by atoms with E-state index in [0.29, 0.717) is 22.9 Å². The molecular formula is C24H31ClN2O5. The number of halogens is 1. The maximum atomic E-state index is 12.6. The molecule has 2 amide bonds. The molecule has 0 saturated heterocycles. The smallest absolute Gasteiger partial charge is 0.326 e. The van der Waals surface area contributed by atoms with Crippen LogP contribution in [0.4, 0.5) is 5.69 Å². The van der Waals surface area contributed by atoms with Crippen LogP contribution in [0, 0.1) is 23.2 Å². The number of hydrogen-bond donors (Lipinski definition) is 2. The number of esters is 1. The van der Waals surface area contributed by atoms with E-state index in [2.05, 4.69) is 10.6 Å². The molecule has 1 aromatic carbocycles. The summed E-state index contributed by atoms with van der Waals surface area (Å²) in [4.78, 5) is 37.2. The second kappa shape index (κ2) is 9.30. The first kappa shape index (κ1) is 22.9. The summed E-state index contributed by atoms with van der Waals surface area (Å²) < 4.78 is 10.4. The van der Waals surface area contributed by atoms with Gasteiger partial charge in [0, 0.05) is 11.4 Å². The number of carbonyl (C=O) groups excluding carboxylic acids is 3. The second-order valence-electron chi connectivity index (χ2n) is 9.84. The fraction of sp³-hybridized carbons (Fsp3) is 0.625. The van der Waals surface area contributed by atoms with Crippen molar-refractivity contribution in [3.05, 3.63) is 23.2 Å².